The lowest BCUT2D eigenvalue weighted by molar-refractivity contribution is 0.235. The van der Waals surface area contributed by atoms with Crippen molar-refractivity contribution in [3.8, 4) is 0 Å². The topological polar surface area (TPSA) is 43.2 Å². The van der Waals surface area contributed by atoms with Gasteiger partial charge in [0.25, 0.3) is 0 Å². The lowest BCUT2D eigenvalue weighted by atomic mass is 10.4. The zero-order chi connectivity index (χ0) is 8.15. The van der Waals surface area contributed by atoms with Crippen molar-refractivity contribution in [2.75, 3.05) is 0 Å². The third-order valence-electron chi connectivity index (χ3n) is 0.788. The Balaban J connectivity index is 3.44. The molecule has 0 spiro atoms. The third kappa shape index (κ3) is 5.41. The van der Waals surface area contributed by atoms with Gasteiger partial charge in [0.05, 0.1) is 0 Å². The van der Waals surface area contributed by atoms with Crippen LogP contribution in [0.1, 0.15) is 27.7 Å². The first-order chi connectivity index (χ1) is 4.52. The maximum absolute atomic E-state index is 10.8. The molecule has 3 heteroatoms. The number of nitrogens with one attached hydrogen (secondary N) is 1. The number of carbonyl (C=O) groups excluding carboxylic acids is 1. The zero-order valence-electron chi connectivity index (χ0n) is 7.01. The van der Waals surface area contributed by atoms with E-state index in [2.05, 4.69) is 10.6 Å². The molecule has 0 aliphatic rings. The standard InChI is InChI=1S/C7H15N2O/c1-5(2)8-7(10)9-6(3)4/h5-6H,1-4H3,(H,8,10). The van der Waals surface area contributed by atoms with Crippen LogP contribution in [0.4, 0.5) is 4.79 Å². The average Bonchev–Trinajstić information content (AvgIpc) is 1.58. The summed E-state index contributed by atoms with van der Waals surface area (Å²) in [4.78, 5) is 10.8. The number of rotatable bonds is 2. The summed E-state index contributed by atoms with van der Waals surface area (Å²) in [7, 11) is 0. The second-order valence-electron chi connectivity index (χ2n) is 2.83. The monoisotopic (exact) mass is 143 g/mol. The van der Waals surface area contributed by atoms with Gasteiger partial charge in [-0.3, -0.25) is 0 Å². The fourth-order valence-corrected chi connectivity index (χ4v) is 0.519. The summed E-state index contributed by atoms with van der Waals surface area (Å²) >= 11 is 0. The van der Waals surface area contributed by atoms with Crippen LogP contribution in [-0.4, -0.2) is 18.1 Å². The van der Waals surface area contributed by atoms with Gasteiger partial charge < -0.3 is 5.32 Å². The highest BCUT2D eigenvalue weighted by Crippen LogP contribution is 1.82. The molecule has 2 amide bonds. The lowest BCUT2D eigenvalue weighted by Gasteiger charge is -2.09. The van der Waals surface area contributed by atoms with Gasteiger partial charge in [0.2, 0.25) is 0 Å². The van der Waals surface area contributed by atoms with E-state index in [0.717, 1.165) is 0 Å². The Hall–Kier alpha value is -0.730. The molecule has 1 N–H and O–H groups in total. The Bertz CT molecular complexity index is 98.2. The predicted octanol–water partition coefficient (Wildman–Crippen LogP) is 1.12. The molecule has 1 radical (unpaired) electrons. The number of amides is 2. The van der Waals surface area contributed by atoms with Gasteiger partial charge in [-0.15, -0.1) is 0 Å². The summed E-state index contributed by atoms with van der Waals surface area (Å²) in [5.74, 6) is 0. The molecular weight excluding hydrogens is 128 g/mol. The first kappa shape index (κ1) is 9.27. The van der Waals surface area contributed by atoms with Crippen molar-refractivity contribution in [2.24, 2.45) is 0 Å². The van der Waals surface area contributed by atoms with Crippen LogP contribution >= 0.6 is 0 Å². The number of hydrogen-bond acceptors (Lipinski definition) is 1. The van der Waals surface area contributed by atoms with Gasteiger partial charge in [-0.05, 0) is 27.7 Å². The molecule has 0 aromatic heterocycles. The normalized spacial score (nSPS) is 10.2. The van der Waals surface area contributed by atoms with Crippen LogP contribution < -0.4 is 10.6 Å². The first-order valence-corrected chi connectivity index (χ1v) is 3.53. The number of nitrogens with zero attached hydrogens (tertiary/aromatic N) is 1. The van der Waals surface area contributed by atoms with Crippen molar-refractivity contribution in [3.63, 3.8) is 0 Å². The molecule has 0 fully saturated rings. The highest BCUT2D eigenvalue weighted by atomic mass is 16.2. The SMILES string of the molecule is CC(C)[N]C(=O)NC(C)C. The fraction of sp³-hybridized carbons (Fsp3) is 0.857. The minimum Gasteiger partial charge on any atom is -0.334 e. The quantitative estimate of drug-likeness (QED) is 0.618. The molecule has 59 valence electrons. The van der Waals surface area contributed by atoms with E-state index in [9.17, 15) is 4.79 Å². The van der Waals surface area contributed by atoms with Crippen molar-refractivity contribution in [2.45, 2.75) is 39.8 Å². The molecular formula is C7H15N2O. The van der Waals surface area contributed by atoms with Crippen LogP contribution in [0.5, 0.6) is 0 Å². The smallest absolute Gasteiger partial charge is 0.334 e. The highest BCUT2D eigenvalue weighted by Gasteiger charge is 2.04. The second-order valence-corrected chi connectivity index (χ2v) is 2.83. The van der Waals surface area contributed by atoms with Crippen LogP contribution in [-0.2, 0) is 0 Å². The van der Waals surface area contributed by atoms with E-state index < -0.39 is 0 Å². The zero-order valence-corrected chi connectivity index (χ0v) is 7.01. The second kappa shape index (κ2) is 4.14. The summed E-state index contributed by atoms with van der Waals surface area (Å²) in [6.45, 7) is 7.57. The average molecular weight is 143 g/mol. The van der Waals surface area contributed by atoms with Crippen LogP contribution in [0.25, 0.3) is 0 Å². The molecule has 0 aliphatic heterocycles. The maximum atomic E-state index is 10.8. The third-order valence-corrected chi connectivity index (χ3v) is 0.788. The Morgan fingerprint density at radius 3 is 2.10 bits per heavy atom. The van der Waals surface area contributed by atoms with E-state index in [4.69, 9.17) is 0 Å². The molecule has 0 saturated heterocycles. The predicted molar refractivity (Wildman–Crippen MR) is 40.9 cm³/mol. The largest absolute Gasteiger partial charge is 0.336 e. The summed E-state index contributed by atoms with van der Waals surface area (Å²) < 4.78 is 0. The lowest BCUT2D eigenvalue weighted by Crippen LogP contribution is -2.37. The van der Waals surface area contributed by atoms with Crippen LogP contribution in [0.2, 0.25) is 0 Å². The molecule has 10 heavy (non-hydrogen) atoms. The molecule has 0 saturated carbocycles. The maximum Gasteiger partial charge on any atom is 0.336 e. The van der Waals surface area contributed by atoms with Gasteiger partial charge in [-0.1, -0.05) is 0 Å². The molecule has 3 nitrogen and oxygen atoms in total. The summed E-state index contributed by atoms with van der Waals surface area (Å²) in [5, 5.41) is 6.44. The first-order valence-electron chi connectivity index (χ1n) is 3.53. The molecule has 0 aliphatic carbocycles. The molecule has 0 aromatic carbocycles. The van der Waals surface area contributed by atoms with Crippen molar-refractivity contribution in [3.05, 3.63) is 0 Å². The van der Waals surface area contributed by atoms with E-state index in [0.29, 0.717) is 0 Å². The van der Waals surface area contributed by atoms with Crippen molar-refractivity contribution < 1.29 is 4.79 Å². The van der Waals surface area contributed by atoms with Gasteiger partial charge >= 0.3 is 6.03 Å². The van der Waals surface area contributed by atoms with Crippen molar-refractivity contribution in [1.29, 1.82) is 0 Å². The number of carbonyl (C=O) groups is 1. The fourth-order valence-electron chi connectivity index (χ4n) is 0.519. The molecule has 0 rings (SSSR count). The Morgan fingerprint density at radius 1 is 1.30 bits per heavy atom. The minimum absolute atomic E-state index is 0.0822. The van der Waals surface area contributed by atoms with Gasteiger partial charge in [0.1, 0.15) is 0 Å². The molecule has 0 heterocycles. The van der Waals surface area contributed by atoms with Crippen LogP contribution in [0, 0.1) is 0 Å². The van der Waals surface area contributed by atoms with Crippen LogP contribution in [0.15, 0.2) is 0 Å². The van der Waals surface area contributed by atoms with E-state index in [-0.39, 0.29) is 18.1 Å². The van der Waals surface area contributed by atoms with E-state index >= 15 is 0 Å². The number of hydrogen-bond donors (Lipinski definition) is 1. The van der Waals surface area contributed by atoms with Gasteiger partial charge in [0.15, 0.2) is 0 Å². The van der Waals surface area contributed by atoms with E-state index in [1.165, 1.54) is 0 Å². The Kier molecular flexibility index (Phi) is 3.84. The summed E-state index contributed by atoms with van der Waals surface area (Å²) in [6, 6.07) is 0.0405. The van der Waals surface area contributed by atoms with Gasteiger partial charge in [0, 0.05) is 12.1 Å². The van der Waals surface area contributed by atoms with E-state index in [1.807, 2.05) is 27.7 Å². The minimum atomic E-state index is -0.218. The Morgan fingerprint density at radius 2 is 1.80 bits per heavy atom. The van der Waals surface area contributed by atoms with Crippen molar-refractivity contribution in [1.82, 2.24) is 10.6 Å². The van der Waals surface area contributed by atoms with Gasteiger partial charge in [-0.2, -0.15) is 0 Å². The highest BCUT2D eigenvalue weighted by molar-refractivity contribution is 5.73. The number of urea groups is 1. The molecule has 0 aromatic rings. The Labute approximate surface area is 62.2 Å². The summed E-state index contributed by atoms with van der Waals surface area (Å²) in [6.07, 6.45) is 0. The van der Waals surface area contributed by atoms with Gasteiger partial charge in [-0.25, -0.2) is 10.1 Å². The summed E-state index contributed by atoms with van der Waals surface area (Å²) in [5.41, 5.74) is 0. The molecule has 0 unspecified atom stereocenters. The van der Waals surface area contributed by atoms with E-state index in [1.54, 1.807) is 0 Å². The molecule has 0 atom stereocenters. The molecule has 0 bridgehead atoms. The van der Waals surface area contributed by atoms with Crippen LogP contribution in [0.3, 0.4) is 0 Å². The van der Waals surface area contributed by atoms with Crippen molar-refractivity contribution >= 4 is 6.03 Å².